The number of hydrogen-bond acceptors (Lipinski definition) is 3. The third-order valence-electron chi connectivity index (χ3n) is 3.18. The largest absolute Gasteiger partial charge is 0.381 e. The van der Waals surface area contributed by atoms with Gasteiger partial charge in [0, 0.05) is 24.1 Å². The highest BCUT2D eigenvalue weighted by atomic mass is 79.9. The highest BCUT2D eigenvalue weighted by Crippen LogP contribution is 2.27. The van der Waals surface area contributed by atoms with Crippen molar-refractivity contribution >= 4 is 37.6 Å². The Morgan fingerprint density at radius 2 is 1.95 bits per heavy atom. The van der Waals surface area contributed by atoms with Gasteiger partial charge in [-0.1, -0.05) is 39.7 Å². The molecule has 0 spiro atoms. The van der Waals surface area contributed by atoms with E-state index in [0.717, 1.165) is 0 Å². The van der Waals surface area contributed by atoms with E-state index in [-0.39, 0.29) is 9.92 Å². The van der Waals surface area contributed by atoms with E-state index in [1.54, 1.807) is 18.2 Å². The Hall–Kier alpha value is -0.140. The summed E-state index contributed by atoms with van der Waals surface area (Å²) in [5.74, 6) is 0. The van der Waals surface area contributed by atoms with E-state index >= 15 is 0 Å². The number of rotatable bonds is 4. The second-order valence-electron chi connectivity index (χ2n) is 4.56. The minimum atomic E-state index is -3.63. The van der Waals surface area contributed by atoms with Gasteiger partial charge in [0.1, 0.15) is 4.90 Å². The van der Waals surface area contributed by atoms with Crippen molar-refractivity contribution in [2.75, 3.05) is 18.5 Å². The molecule has 0 aliphatic carbocycles. The third kappa shape index (κ3) is 3.49. The first-order chi connectivity index (χ1) is 8.99. The molecule has 7 heteroatoms. The molecule has 1 N–H and O–H groups in total. The van der Waals surface area contributed by atoms with Crippen molar-refractivity contribution in [3.8, 4) is 0 Å². The number of nitrogens with one attached hydrogen (secondary N) is 1. The summed E-state index contributed by atoms with van der Waals surface area (Å²) in [4.78, 5) is 0.114. The number of sulfonamides is 1. The molecule has 1 heterocycles. The number of benzene rings is 1. The molecule has 4 nitrogen and oxygen atoms in total. The van der Waals surface area contributed by atoms with Gasteiger partial charge in [0.25, 0.3) is 0 Å². The van der Waals surface area contributed by atoms with Gasteiger partial charge < -0.3 is 4.74 Å². The number of halogens is 2. The van der Waals surface area contributed by atoms with E-state index in [1.807, 2.05) is 0 Å². The first-order valence-corrected chi connectivity index (χ1v) is 8.90. The standard InChI is InChI=1S/C12H15BrClNO3S/c13-9-12(5-7-18-8-6-12)15-19(16,17)11-4-2-1-3-10(11)14/h1-4,15H,5-9H2. The average Bonchev–Trinajstić information content (AvgIpc) is 2.39. The zero-order valence-electron chi connectivity index (χ0n) is 10.2. The van der Waals surface area contributed by atoms with Crippen molar-refractivity contribution in [1.82, 2.24) is 4.72 Å². The minimum Gasteiger partial charge on any atom is -0.381 e. The summed E-state index contributed by atoms with van der Waals surface area (Å²) >= 11 is 9.36. The Balaban J connectivity index is 2.28. The first-order valence-electron chi connectivity index (χ1n) is 5.91. The second kappa shape index (κ2) is 6.10. The summed E-state index contributed by atoms with van der Waals surface area (Å²) in [6.45, 7) is 1.10. The van der Waals surface area contributed by atoms with Crippen LogP contribution in [0.15, 0.2) is 29.2 Å². The monoisotopic (exact) mass is 367 g/mol. The molecule has 0 saturated carbocycles. The molecule has 1 aromatic carbocycles. The van der Waals surface area contributed by atoms with Crippen LogP contribution in [-0.4, -0.2) is 32.5 Å². The van der Waals surface area contributed by atoms with Gasteiger partial charge in [0.05, 0.1) is 5.02 Å². The third-order valence-corrected chi connectivity index (χ3v) is 6.33. The topological polar surface area (TPSA) is 55.4 Å². The molecule has 0 amide bonds. The van der Waals surface area contributed by atoms with Crippen LogP contribution in [0.25, 0.3) is 0 Å². The maximum Gasteiger partial charge on any atom is 0.242 e. The van der Waals surface area contributed by atoms with E-state index in [4.69, 9.17) is 16.3 Å². The summed E-state index contributed by atoms with van der Waals surface area (Å²) in [6.07, 6.45) is 1.28. The van der Waals surface area contributed by atoms with Crippen molar-refractivity contribution < 1.29 is 13.2 Å². The summed E-state index contributed by atoms with van der Waals surface area (Å²) in [5.41, 5.74) is -0.504. The van der Waals surface area contributed by atoms with E-state index in [9.17, 15) is 8.42 Å². The molecule has 0 atom stereocenters. The van der Waals surface area contributed by atoms with Crippen LogP contribution in [0.5, 0.6) is 0 Å². The first kappa shape index (κ1) is 15.3. The van der Waals surface area contributed by atoms with E-state index in [1.165, 1.54) is 6.07 Å². The van der Waals surface area contributed by atoms with E-state index in [2.05, 4.69) is 20.7 Å². The second-order valence-corrected chi connectivity index (χ2v) is 7.18. The van der Waals surface area contributed by atoms with Crippen molar-refractivity contribution in [2.24, 2.45) is 0 Å². The summed E-state index contributed by atoms with van der Waals surface area (Å²) in [6, 6.07) is 6.44. The molecule has 2 rings (SSSR count). The van der Waals surface area contributed by atoms with Crippen LogP contribution in [0.2, 0.25) is 5.02 Å². The van der Waals surface area contributed by atoms with Crippen LogP contribution in [0.3, 0.4) is 0 Å². The molecule has 1 fully saturated rings. The van der Waals surface area contributed by atoms with Crippen LogP contribution in [-0.2, 0) is 14.8 Å². The van der Waals surface area contributed by atoms with Gasteiger partial charge in [-0.2, -0.15) is 0 Å². The zero-order chi connectivity index (χ0) is 13.9. The predicted octanol–water partition coefficient (Wildman–Crippen LogP) is 2.56. The predicted molar refractivity (Wildman–Crippen MR) is 78.4 cm³/mol. The smallest absolute Gasteiger partial charge is 0.242 e. The van der Waals surface area contributed by atoms with Crippen molar-refractivity contribution in [3.05, 3.63) is 29.3 Å². The molecule has 0 bridgehead atoms. The zero-order valence-corrected chi connectivity index (χ0v) is 13.4. The summed E-state index contributed by atoms with van der Waals surface area (Å²) in [7, 11) is -3.63. The molecule has 0 aromatic heterocycles. The van der Waals surface area contributed by atoms with Gasteiger partial charge >= 0.3 is 0 Å². The highest BCUT2D eigenvalue weighted by Gasteiger charge is 2.36. The fraction of sp³-hybridized carbons (Fsp3) is 0.500. The molecule has 1 saturated heterocycles. The maximum atomic E-state index is 12.4. The number of ether oxygens (including phenoxy) is 1. The molecule has 0 unspecified atom stereocenters. The van der Waals surface area contributed by atoms with Gasteiger partial charge in [-0.05, 0) is 25.0 Å². The van der Waals surface area contributed by atoms with Crippen molar-refractivity contribution in [1.29, 1.82) is 0 Å². The molecule has 106 valence electrons. The Morgan fingerprint density at radius 1 is 1.32 bits per heavy atom. The number of hydrogen-bond donors (Lipinski definition) is 1. The van der Waals surface area contributed by atoms with Gasteiger partial charge in [0.15, 0.2) is 0 Å². The van der Waals surface area contributed by atoms with Gasteiger partial charge in [-0.3, -0.25) is 0 Å². The van der Waals surface area contributed by atoms with Crippen LogP contribution >= 0.6 is 27.5 Å². The van der Waals surface area contributed by atoms with Gasteiger partial charge in [-0.15, -0.1) is 0 Å². The van der Waals surface area contributed by atoms with Crippen LogP contribution in [0, 0.1) is 0 Å². The lowest BCUT2D eigenvalue weighted by molar-refractivity contribution is 0.0557. The maximum absolute atomic E-state index is 12.4. The summed E-state index contributed by atoms with van der Waals surface area (Å²) < 4.78 is 32.9. The Bertz CT molecular complexity index is 544. The SMILES string of the molecule is O=S(=O)(NC1(CBr)CCOCC1)c1ccccc1Cl. The fourth-order valence-electron chi connectivity index (χ4n) is 2.03. The lowest BCUT2D eigenvalue weighted by atomic mass is 9.94. The Labute approximate surface area is 126 Å². The Morgan fingerprint density at radius 3 is 2.53 bits per heavy atom. The minimum absolute atomic E-state index is 0.114. The molecular formula is C12H15BrClNO3S. The van der Waals surface area contributed by atoms with Crippen molar-refractivity contribution in [2.45, 2.75) is 23.3 Å². The summed E-state index contributed by atoms with van der Waals surface area (Å²) in [5, 5.41) is 0.777. The van der Waals surface area contributed by atoms with Crippen LogP contribution in [0.1, 0.15) is 12.8 Å². The normalized spacial score (nSPS) is 19.3. The van der Waals surface area contributed by atoms with E-state index < -0.39 is 15.6 Å². The lowest BCUT2D eigenvalue weighted by Gasteiger charge is -2.36. The highest BCUT2D eigenvalue weighted by molar-refractivity contribution is 9.09. The molecule has 0 radical (unpaired) electrons. The number of alkyl halides is 1. The van der Waals surface area contributed by atoms with E-state index in [0.29, 0.717) is 31.4 Å². The molecule has 1 aliphatic heterocycles. The van der Waals surface area contributed by atoms with Crippen LogP contribution in [0.4, 0.5) is 0 Å². The quantitative estimate of drug-likeness (QED) is 0.831. The van der Waals surface area contributed by atoms with Gasteiger partial charge in [-0.25, -0.2) is 13.1 Å². The molecule has 1 aromatic rings. The van der Waals surface area contributed by atoms with Crippen LogP contribution < -0.4 is 4.72 Å². The fourth-order valence-corrected chi connectivity index (χ4v) is 4.89. The average molecular weight is 369 g/mol. The lowest BCUT2D eigenvalue weighted by Crippen LogP contribution is -2.53. The Kier molecular flexibility index (Phi) is 4.89. The molecular weight excluding hydrogens is 354 g/mol. The van der Waals surface area contributed by atoms with Gasteiger partial charge in [0.2, 0.25) is 10.0 Å². The molecule has 1 aliphatic rings. The molecule has 19 heavy (non-hydrogen) atoms. The van der Waals surface area contributed by atoms with Crippen molar-refractivity contribution in [3.63, 3.8) is 0 Å².